The van der Waals surface area contributed by atoms with Crippen molar-refractivity contribution < 1.29 is 9.47 Å². The number of aromatic nitrogens is 3. The van der Waals surface area contributed by atoms with Gasteiger partial charge in [0.15, 0.2) is 0 Å². The zero-order chi connectivity index (χ0) is 20.6. The van der Waals surface area contributed by atoms with E-state index in [9.17, 15) is 0 Å². The monoisotopic (exact) mass is 423 g/mol. The molecule has 6 rings (SSSR count). The lowest BCUT2D eigenvalue weighted by molar-refractivity contribution is -0.0118. The molecule has 0 saturated carbocycles. The number of hydrogen-bond acceptors (Lipinski definition) is 9. The van der Waals surface area contributed by atoms with Crippen molar-refractivity contribution in [2.75, 3.05) is 86.9 Å². The van der Waals surface area contributed by atoms with Gasteiger partial charge in [-0.15, -0.1) is 0 Å². The third-order valence-corrected chi connectivity index (χ3v) is 6.78. The van der Waals surface area contributed by atoms with Crippen LogP contribution in [0.15, 0.2) is 24.5 Å². The van der Waals surface area contributed by atoms with Gasteiger partial charge >= 0.3 is 0 Å². The van der Waals surface area contributed by atoms with Gasteiger partial charge in [0.25, 0.3) is 0 Å². The molecule has 0 bridgehead atoms. The molecule has 9 nitrogen and oxygen atoms in total. The highest BCUT2D eigenvalue weighted by Crippen LogP contribution is 2.39. The van der Waals surface area contributed by atoms with Crippen molar-refractivity contribution in [1.29, 1.82) is 0 Å². The second-order valence-corrected chi connectivity index (χ2v) is 8.57. The number of nitrogens with zero attached hydrogens (tertiary/aromatic N) is 7. The third kappa shape index (κ3) is 3.60. The maximum Gasteiger partial charge on any atom is 0.229 e. The van der Waals surface area contributed by atoms with Crippen LogP contribution in [0.5, 0.6) is 0 Å². The minimum Gasteiger partial charge on any atom is -0.378 e. The minimum atomic E-state index is 0.441. The van der Waals surface area contributed by atoms with Gasteiger partial charge in [-0.1, -0.05) is 0 Å². The average molecular weight is 424 g/mol. The largest absolute Gasteiger partial charge is 0.378 e. The molecule has 2 aromatic rings. The maximum absolute atomic E-state index is 5.77. The Bertz CT molecular complexity index is 922. The Morgan fingerprint density at radius 1 is 0.871 bits per heavy atom. The van der Waals surface area contributed by atoms with Gasteiger partial charge < -0.3 is 24.2 Å². The SMILES string of the molecule is c1cncc(N2CCc3c(N4CCN5CCOCC5C4)nc(N4CCOCC4)nc32)c1. The number of pyridine rings is 1. The fraction of sp³-hybridized carbons (Fsp3) is 0.591. The summed E-state index contributed by atoms with van der Waals surface area (Å²) in [6.07, 6.45) is 4.69. The van der Waals surface area contributed by atoms with Gasteiger partial charge in [-0.2, -0.15) is 9.97 Å². The summed E-state index contributed by atoms with van der Waals surface area (Å²) < 4.78 is 11.3. The van der Waals surface area contributed by atoms with E-state index in [1.807, 2.05) is 18.5 Å². The van der Waals surface area contributed by atoms with Gasteiger partial charge in [-0.3, -0.25) is 9.88 Å². The summed E-state index contributed by atoms with van der Waals surface area (Å²) in [6, 6.07) is 4.53. The van der Waals surface area contributed by atoms with E-state index in [4.69, 9.17) is 19.4 Å². The molecule has 0 N–H and O–H groups in total. The zero-order valence-corrected chi connectivity index (χ0v) is 17.8. The van der Waals surface area contributed by atoms with Crippen LogP contribution in [-0.2, 0) is 15.9 Å². The van der Waals surface area contributed by atoms with Crippen molar-refractivity contribution in [2.24, 2.45) is 0 Å². The number of anilines is 4. The summed E-state index contributed by atoms with van der Waals surface area (Å²) in [4.78, 5) is 24.1. The summed E-state index contributed by atoms with van der Waals surface area (Å²) in [5, 5.41) is 0. The van der Waals surface area contributed by atoms with Gasteiger partial charge in [0.1, 0.15) is 11.6 Å². The van der Waals surface area contributed by atoms with E-state index in [1.165, 1.54) is 5.56 Å². The Labute approximate surface area is 182 Å². The molecule has 0 radical (unpaired) electrons. The van der Waals surface area contributed by atoms with E-state index < -0.39 is 0 Å². The molecule has 0 amide bonds. The molecule has 4 aliphatic heterocycles. The summed E-state index contributed by atoms with van der Waals surface area (Å²) >= 11 is 0. The molecule has 3 fully saturated rings. The van der Waals surface area contributed by atoms with Crippen LogP contribution in [0.25, 0.3) is 0 Å². The van der Waals surface area contributed by atoms with Crippen LogP contribution in [0.2, 0.25) is 0 Å². The minimum absolute atomic E-state index is 0.441. The molecular weight excluding hydrogens is 394 g/mol. The standard InChI is InChI=1S/C22H29N7O2/c1-2-17(14-23-4-1)29-5-3-19-20(28-7-6-26-8-13-31-16-18(26)15-28)24-22(25-21(19)29)27-9-11-30-12-10-27/h1-2,4,14,18H,3,5-13,15-16H2. The van der Waals surface area contributed by atoms with Gasteiger partial charge in [0, 0.05) is 57.6 Å². The summed E-state index contributed by atoms with van der Waals surface area (Å²) in [6.45, 7) is 9.71. The van der Waals surface area contributed by atoms with Crippen molar-refractivity contribution in [3.05, 3.63) is 30.1 Å². The Balaban J connectivity index is 1.38. The topological polar surface area (TPSA) is 70.1 Å². The van der Waals surface area contributed by atoms with Crippen LogP contribution in [0.3, 0.4) is 0 Å². The first-order valence-electron chi connectivity index (χ1n) is 11.3. The number of rotatable bonds is 3. The molecule has 2 aromatic heterocycles. The summed E-state index contributed by atoms with van der Waals surface area (Å²) in [7, 11) is 0. The summed E-state index contributed by atoms with van der Waals surface area (Å²) in [5.41, 5.74) is 2.34. The molecule has 0 aromatic carbocycles. The predicted octanol–water partition coefficient (Wildman–Crippen LogP) is 0.923. The Morgan fingerprint density at radius 3 is 2.61 bits per heavy atom. The Hall–Kier alpha value is -2.49. The highest BCUT2D eigenvalue weighted by atomic mass is 16.5. The van der Waals surface area contributed by atoms with Crippen LogP contribution < -0.4 is 14.7 Å². The molecule has 31 heavy (non-hydrogen) atoms. The first-order chi connectivity index (χ1) is 15.4. The highest BCUT2D eigenvalue weighted by molar-refractivity contribution is 5.73. The van der Waals surface area contributed by atoms with Gasteiger partial charge in [0.05, 0.1) is 44.4 Å². The van der Waals surface area contributed by atoms with Crippen LogP contribution in [0.1, 0.15) is 5.56 Å². The van der Waals surface area contributed by atoms with Gasteiger partial charge in [0.2, 0.25) is 5.95 Å². The Kier molecular flexibility index (Phi) is 5.09. The molecule has 0 spiro atoms. The molecule has 164 valence electrons. The van der Waals surface area contributed by atoms with E-state index >= 15 is 0 Å². The smallest absolute Gasteiger partial charge is 0.229 e. The van der Waals surface area contributed by atoms with Crippen LogP contribution in [-0.4, -0.2) is 98.1 Å². The van der Waals surface area contributed by atoms with Crippen molar-refractivity contribution >= 4 is 23.3 Å². The first kappa shape index (κ1) is 19.2. The maximum atomic E-state index is 5.77. The zero-order valence-electron chi connectivity index (χ0n) is 17.8. The molecular formula is C22H29N7O2. The lowest BCUT2D eigenvalue weighted by atomic mass is 10.1. The predicted molar refractivity (Wildman–Crippen MR) is 118 cm³/mol. The summed E-state index contributed by atoms with van der Waals surface area (Å²) in [5.74, 6) is 2.94. The first-order valence-corrected chi connectivity index (χ1v) is 11.3. The lowest BCUT2D eigenvalue weighted by Gasteiger charge is -2.44. The number of ether oxygens (including phenoxy) is 2. The number of piperazine rings is 1. The number of hydrogen-bond donors (Lipinski definition) is 0. The number of fused-ring (bicyclic) bond motifs is 2. The number of morpholine rings is 2. The third-order valence-electron chi connectivity index (χ3n) is 6.78. The van der Waals surface area contributed by atoms with Crippen molar-refractivity contribution in [2.45, 2.75) is 12.5 Å². The molecule has 4 aliphatic rings. The van der Waals surface area contributed by atoms with E-state index in [0.29, 0.717) is 6.04 Å². The molecule has 0 aliphatic carbocycles. The Morgan fingerprint density at radius 2 is 1.74 bits per heavy atom. The van der Waals surface area contributed by atoms with Gasteiger partial charge in [-0.05, 0) is 18.6 Å². The van der Waals surface area contributed by atoms with E-state index in [1.54, 1.807) is 0 Å². The fourth-order valence-electron chi connectivity index (χ4n) is 5.10. The van der Waals surface area contributed by atoms with Crippen molar-refractivity contribution in [3.8, 4) is 0 Å². The second kappa shape index (κ2) is 8.22. The fourth-order valence-corrected chi connectivity index (χ4v) is 5.10. The van der Waals surface area contributed by atoms with Crippen LogP contribution in [0.4, 0.5) is 23.3 Å². The second-order valence-electron chi connectivity index (χ2n) is 8.57. The molecule has 6 heterocycles. The van der Waals surface area contributed by atoms with Crippen LogP contribution >= 0.6 is 0 Å². The molecule has 3 saturated heterocycles. The van der Waals surface area contributed by atoms with E-state index in [2.05, 4.69) is 30.6 Å². The van der Waals surface area contributed by atoms with Crippen molar-refractivity contribution in [1.82, 2.24) is 19.9 Å². The van der Waals surface area contributed by atoms with E-state index in [0.717, 1.165) is 102 Å². The van der Waals surface area contributed by atoms with E-state index in [-0.39, 0.29) is 0 Å². The van der Waals surface area contributed by atoms with Crippen molar-refractivity contribution in [3.63, 3.8) is 0 Å². The quantitative estimate of drug-likeness (QED) is 0.717. The molecule has 1 atom stereocenters. The highest BCUT2D eigenvalue weighted by Gasteiger charge is 2.35. The average Bonchev–Trinajstić information content (AvgIpc) is 3.28. The normalized spacial score (nSPS) is 24.3. The van der Waals surface area contributed by atoms with Gasteiger partial charge in [-0.25, -0.2) is 0 Å². The lowest BCUT2D eigenvalue weighted by Crippen LogP contribution is -2.58. The molecule has 9 heteroatoms. The van der Waals surface area contributed by atoms with Crippen LogP contribution in [0, 0.1) is 0 Å². The molecule has 1 unspecified atom stereocenters.